The van der Waals surface area contributed by atoms with E-state index in [2.05, 4.69) is 18.3 Å². The molecule has 146 valence electrons. The van der Waals surface area contributed by atoms with Crippen LogP contribution in [-0.4, -0.2) is 39.8 Å². The molecule has 0 radical (unpaired) electrons. The molecule has 27 heavy (non-hydrogen) atoms. The zero-order valence-electron chi connectivity index (χ0n) is 16.6. The molecule has 1 N–H and O–H groups in total. The van der Waals surface area contributed by atoms with E-state index in [4.69, 9.17) is 0 Å². The van der Waals surface area contributed by atoms with Crippen molar-refractivity contribution in [3.63, 3.8) is 0 Å². The molecule has 7 heteroatoms. The quantitative estimate of drug-likeness (QED) is 0.826. The molecule has 0 fully saturated rings. The van der Waals surface area contributed by atoms with Crippen LogP contribution in [0.5, 0.6) is 0 Å². The third kappa shape index (κ3) is 4.67. The van der Waals surface area contributed by atoms with Crippen molar-refractivity contribution in [3.05, 3.63) is 64.7 Å². The number of carbonyl (C=O) groups is 1. The fourth-order valence-electron chi connectivity index (χ4n) is 2.60. The highest BCUT2D eigenvalue weighted by Gasteiger charge is 2.21. The maximum atomic E-state index is 12.5. The van der Waals surface area contributed by atoms with Gasteiger partial charge in [0.2, 0.25) is 0 Å². The highest BCUT2D eigenvalue weighted by atomic mass is 32.2. The van der Waals surface area contributed by atoms with Crippen LogP contribution in [0.1, 0.15) is 40.0 Å². The van der Waals surface area contributed by atoms with Gasteiger partial charge in [-0.25, -0.2) is 0 Å². The second-order valence-electron chi connectivity index (χ2n) is 6.84. The Hall–Kier alpha value is -2.38. The van der Waals surface area contributed by atoms with Gasteiger partial charge >= 0.3 is 10.2 Å². The van der Waals surface area contributed by atoms with Gasteiger partial charge in [0.1, 0.15) is 0 Å². The largest absolute Gasteiger partial charge is 0.346 e. The number of benzene rings is 2. The summed E-state index contributed by atoms with van der Waals surface area (Å²) >= 11 is 0. The highest BCUT2D eigenvalue weighted by Crippen LogP contribution is 2.20. The van der Waals surface area contributed by atoms with Gasteiger partial charge in [-0.2, -0.15) is 12.7 Å². The average molecular weight is 390 g/mol. The number of nitrogens with zero attached hydrogens (tertiary/aromatic N) is 2. The summed E-state index contributed by atoms with van der Waals surface area (Å²) in [5.41, 5.74) is 4.40. The molecular formula is C20H27N3O3S. The third-order valence-corrected chi connectivity index (χ3v) is 6.51. The van der Waals surface area contributed by atoms with Crippen molar-refractivity contribution in [2.75, 3.05) is 25.4 Å². The molecule has 0 unspecified atom stereocenters. The van der Waals surface area contributed by atoms with Gasteiger partial charge in [-0.3, -0.25) is 9.10 Å². The first kappa shape index (κ1) is 20.9. The summed E-state index contributed by atoms with van der Waals surface area (Å²) in [5.74, 6) is -0.203. The van der Waals surface area contributed by atoms with E-state index in [1.165, 1.54) is 36.6 Å². The van der Waals surface area contributed by atoms with Crippen molar-refractivity contribution in [1.29, 1.82) is 0 Å². The van der Waals surface area contributed by atoms with E-state index in [0.29, 0.717) is 11.3 Å². The van der Waals surface area contributed by atoms with Crippen molar-refractivity contribution in [1.82, 2.24) is 9.62 Å². The molecule has 0 aromatic heterocycles. The van der Waals surface area contributed by atoms with Crippen LogP contribution in [0.25, 0.3) is 0 Å². The molecule has 1 atom stereocenters. The van der Waals surface area contributed by atoms with Gasteiger partial charge in [0.15, 0.2) is 0 Å². The molecule has 6 nitrogen and oxygen atoms in total. The molecular weight excluding hydrogens is 362 g/mol. The minimum absolute atomic E-state index is 0.131. The monoisotopic (exact) mass is 389 g/mol. The van der Waals surface area contributed by atoms with Crippen LogP contribution in [0, 0.1) is 13.8 Å². The summed E-state index contributed by atoms with van der Waals surface area (Å²) in [6.45, 7) is 6.04. The summed E-state index contributed by atoms with van der Waals surface area (Å²) in [7, 11) is 0.867. The average Bonchev–Trinajstić information content (AvgIpc) is 2.63. The number of aryl methyl sites for hydroxylation is 2. The minimum Gasteiger partial charge on any atom is -0.346 e. The molecule has 2 rings (SSSR count). The van der Waals surface area contributed by atoms with Gasteiger partial charge in [-0.05, 0) is 61.7 Å². The Kier molecular flexibility index (Phi) is 6.28. The van der Waals surface area contributed by atoms with Crippen LogP contribution in [-0.2, 0) is 10.2 Å². The molecule has 2 aromatic carbocycles. The van der Waals surface area contributed by atoms with Crippen LogP contribution in [0.3, 0.4) is 0 Å². The Labute approximate surface area is 162 Å². The van der Waals surface area contributed by atoms with Gasteiger partial charge in [-0.15, -0.1) is 0 Å². The fraction of sp³-hybridized carbons (Fsp3) is 0.350. The normalized spacial score (nSPS) is 12.7. The predicted octanol–water partition coefficient (Wildman–Crippen LogP) is 3.04. The summed E-state index contributed by atoms with van der Waals surface area (Å²) < 4.78 is 26.7. The van der Waals surface area contributed by atoms with E-state index in [0.717, 1.165) is 9.87 Å². The van der Waals surface area contributed by atoms with Gasteiger partial charge in [0, 0.05) is 26.7 Å². The molecule has 0 aliphatic heterocycles. The fourth-order valence-corrected chi connectivity index (χ4v) is 3.48. The Bertz CT molecular complexity index is 922. The van der Waals surface area contributed by atoms with E-state index < -0.39 is 10.2 Å². The number of amides is 1. The number of rotatable bonds is 6. The Morgan fingerprint density at radius 3 is 2.07 bits per heavy atom. The SMILES string of the molecule is Cc1ccc([C@@H](C)NC(=O)c2ccc(N(C)S(=O)(=O)N(C)C)cc2)cc1C. The lowest BCUT2D eigenvalue weighted by molar-refractivity contribution is 0.0940. The van der Waals surface area contributed by atoms with Crippen molar-refractivity contribution >= 4 is 21.8 Å². The van der Waals surface area contributed by atoms with Crippen molar-refractivity contribution in [2.24, 2.45) is 0 Å². The lowest BCUT2D eigenvalue weighted by Crippen LogP contribution is -2.37. The van der Waals surface area contributed by atoms with E-state index >= 15 is 0 Å². The molecule has 0 heterocycles. The standard InChI is InChI=1S/C20H27N3O3S/c1-14-7-8-18(13-15(14)2)16(3)21-20(24)17-9-11-19(12-10-17)23(6)27(25,26)22(4)5/h7-13,16H,1-6H3,(H,21,24)/t16-/m1/s1. The molecule has 2 aromatic rings. The molecule has 0 saturated heterocycles. The number of anilines is 1. The molecule has 0 spiro atoms. The van der Waals surface area contributed by atoms with Gasteiger partial charge < -0.3 is 5.32 Å². The first-order valence-corrected chi connectivity index (χ1v) is 10.1. The highest BCUT2D eigenvalue weighted by molar-refractivity contribution is 7.90. The number of hydrogen-bond donors (Lipinski definition) is 1. The second-order valence-corrected chi connectivity index (χ2v) is 9.02. The summed E-state index contributed by atoms with van der Waals surface area (Å²) in [4.78, 5) is 12.5. The topological polar surface area (TPSA) is 69.7 Å². The van der Waals surface area contributed by atoms with Crippen molar-refractivity contribution in [3.8, 4) is 0 Å². The summed E-state index contributed by atoms with van der Waals surface area (Å²) in [6.07, 6.45) is 0. The van der Waals surface area contributed by atoms with Gasteiger partial charge in [0.05, 0.1) is 11.7 Å². The van der Waals surface area contributed by atoms with E-state index in [9.17, 15) is 13.2 Å². The first-order valence-electron chi connectivity index (χ1n) is 8.68. The zero-order chi connectivity index (χ0) is 20.4. The lowest BCUT2D eigenvalue weighted by atomic mass is 10.0. The lowest BCUT2D eigenvalue weighted by Gasteiger charge is -2.23. The molecule has 1 amide bonds. The van der Waals surface area contributed by atoms with Crippen LogP contribution >= 0.6 is 0 Å². The summed E-state index contributed by atoms with van der Waals surface area (Å²) in [5, 5.41) is 2.98. The Morgan fingerprint density at radius 1 is 0.963 bits per heavy atom. The predicted molar refractivity (Wildman–Crippen MR) is 109 cm³/mol. The van der Waals surface area contributed by atoms with Crippen molar-refractivity contribution in [2.45, 2.75) is 26.8 Å². The number of nitrogens with one attached hydrogen (secondary N) is 1. The molecule has 0 bridgehead atoms. The molecule has 0 aliphatic carbocycles. The summed E-state index contributed by atoms with van der Waals surface area (Å²) in [6, 6.07) is 12.5. The first-order chi connectivity index (χ1) is 12.5. The third-order valence-electron chi connectivity index (χ3n) is 4.68. The zero-order valence-corrected chi connectivity index (χ0v) is 17.5. The Balaban J connectivity index is 2.12. The van der Waals surface area contributed by atoms with Crippen LogP contribution < -0.4 is 9.62 Å². The maximum absolute atomic E-state index is 12.5. The Morgan fingerprint density at radius 2 is 1.56 bits per heavy atom. The van der Waals surface area contributed by atoms with Crippen LogP contribution in [0.2, 0.25) is 0 Å². The number of carbonyl (C=O) groups excluding carboxylic acids is 1. The maximum Gasteiger partial charge on any atom is 0.303 e. The van der Waals surface area contributed by atoms with E-state index in [1.54, 1.807) is 24.3 Å². The van der Waals surface area contributed by atoms with Crippen molar-refractivity contribution < 1.29 is 13.2 Å². The van der Waals surface area contributed by atoms with Crippen LogP contribution in [0.15, 0.2) is 42.5 Å². The van der Waals surface area contributed by atoms with Gasteiger partial charge in [0.25, 0.3) is 5.91 Å². The molecule has 0 aliphatic rings. The second kappa shape index (κ2) is 8.10. The smallest absolute Gasteiger partial charge is 0.303 e. The minimum atomic E-state index is -3.56. The van der Waals surface area contributed by atoms with Crippen LogP contribution in [0.4, 0.5) is 5.69 Å². The van der Waals surface area contributed by atoms with E-state index in [-0.39, 0.29) is 11.9 Å². The molecule has 0 saturated carbocycles. The van der Waals surface area contributed by atoms with Gasteiger partial charge in [-0.1, -0.05) is 18.2 Å². The van der Waals surface area contributed by atoms with E-state index in [1.807, 2.05) is 26.0 Å². The number of hydrogen-bond acceptors (Lipinski definition) is 3.